The lowest BCUT2D eigenvalue weighted by Gasteiger charge is -2.11. The highest BCUT2D eigenvalue weighted by molar-refractivity contribution is 6.32. The standard InChI is InChI=1S/C12H16ClN3/c1-7(6-14)9-4-11-12(5-10(9)13)16(3)8(2)15-11/h4-5,7H,6,14H2,1-3H3. The molecule has 2 aromatic rings. The first-order chi connectivity index (χ1) is 7.54. The monoisotopic (exact) mass is 237 g/mol. The highest BCUT2D eigenvalue weighted by Gasteiger charge is 2.12. The van der Waals surface area contributed by atoms with E-state index in [9.17, 15) is 0 Å². The molecule has 0 amide bonds. The van der Waals surface area contributed by atoms with Gasteiger partial charge in [-0.3, -0.25) is 0 Å². The van der Waals surface area contributed by atoms with Gasteiger partial charge in [0.1, 0.15) is 5.82 Å². The molecule has 0 aliphatic rings. The minimum Gasteiger partial charge on any atom is -0.331 e. The minimum atomic E-state index is 0.263. The lowest BCUT2D eigenvalue weighted by Crippen LogP contribution is -2.09. The molecule has 0 aliphatic heterocycles. The molecule has 0 fully saturated rings. The van der Waals surface area contributed by atoms with Gasteiger partial charge in [-0.05, 0) is 37.1 Å². The first kappa shape index (κ1) is 11.4. The van der Waals surface area contributed by atoms with Crippen molar-refractivity contribution in [3.63, 3.8) is 0 Å². The predicted molar refractivity (Wildman–Crippen MR) is 67.9 cm³/mol. The summed E-state index contributed by atoms with van der Waals surface area (Å²) in [6.07, 6.45) is 0. The maximum absolute atomic E-state index is 6.26. The van der Waals surface area contributed by atoms with Gasteiger partial charge in [-0.15, -0.1) is 0 Å². The third-order valence-corrected chi connectivity index (χ3v) is 3.43. The van der Waals surface area contributed by atoms with E-state index in [0.29, 0.717) is 6.54 Å². The van der Waals surface area contributed by atoms with E-state index in [2.05, 4.69) is 11.9 Å². The molecule has 1 aromatic carbocycles. The molecule has 0 spiro atoms. The third-order valence-electron chi connectivity index (χ3n) is 3.11. The molecule has 16 heavy (non-hydrogen) atoms. The van der Waals surface area contributed by atoms with Crippen LogP contribution in [-0.4, -0.2) is 16.1 Å². The summed E-state index contributed by atoms with van der Waals surface area (Å²) in [5.74, 6) is 1.25. The van der Waals surface area contributed by atoms with Crippen molar-refractivity contribution in [3.8, 4) is 0 Å². The number of aryl methyl sites for hydroxylation is 2. The van der Waals surface area contributed by atoms with Crippen LogP contribution in [0.5, 0.6) is 0 Å². The number of imidazole rings is 1. The molecule has 1 atom stereocenters. The van der Waals surface area contributed by atoms with E-state index in [0.717, 1.165) is 27.4 Å². The van der Waals surface area contributed by atoms with Crippen molar-refractivity contribution in [1.29, 1.82) is 0 Å². The van der Waals surface area contributed by atoms with Gasteiger partial charge in [0.25, 0.3) is 0 Å². The Bertz CT molecular complexity index is 531. The van der Waals surface area contributed by atoms with Crippen LogP contribution in [0.3, 0.4) is 0 Å². The Morgan fingerprint density at radius 3 is 2.81 bits per heavy atom. The van der Waals surface area contributed by atoms with Gasteiger partial charge in [-0.1, -0.05) is 18.5 Å². The molecular formula is C12H16ClN3. The summed E-state index contributed by atoms with van der Waals surface area (Å²) in [4.78, 5) is 4.49. The van der Waals surface area contributed by atoms with E-state index in [1.54, 1.807) is 0 Å². The number of nitrogens with two attached hydrogens (primary N) is 1. The van der Waals surface area contributed by atoms with Gasteiger partial charge in [0, 0.05) is 12.1 Å². The van der Waals surface area contributed by atoms with Gasteiger partial charge in [0.05, 0.1) is 11.0 Å². The summed E-state index contributed by atoms with van der Waals surface area (Å²) in [5.41, 5.74) is 8.80. The van der Waals surface area contributed by atoms with Crippen LogP contribution in [0.1, 0.15) is 24.2 Å². The largest absolute Gasteiger partial charge is 0.331 e. The van der Waals surface area contributed by atoms with E-state index < -0.39 is 0 Å². The molecule has 0 bridgehead atoms. The minimum absolute atomic E-state index is 0.263. The summed E-state index contributed by atoms with van der Waals surface area (Å²) in [6.45, 7) is 4.65. The predicted octanol–water partition coefficient (Wildman–Crippen LogP) is 2.60. The molecule has 1 unspecified atom stereocenters. The lowest BCUT2D eigenvalue weighted by atomic mass is 10.0. The quantitative estimate of drug-likeness (QED) is 0.873. The smallest absolute Gasteiger partial charge is 0.106 e. The normalized spacial score (nSPS) is 13.3. The molecular weight excluding hydrogens is 222 g/mol. The van der Waals surface area contributed by atoms with Gasteiger partial charge in [0.15, 0.2) is 0 Å². The van der Waals surface area contributed by atoms with Crippen LogP contribution in [-0.2, 0) is 7.05 Å². The third kappa shape index (κ3) is 1.70. The van der Waals surface area contributed by atoms with Crippen LogP contribution in [0.25, 0.3) is 11.0 Å². The number of hydrogen-bond donors (Lipinski definition) is 1. The van der Waals surface area contributed by atoms with Crippen LogP contribution in [0, 0.1) is 6.92 Å². The number of hydrogen-bond acceptors (Lipinski definition) is 2. The number of fused-ring (bicyclic) bond motifs is 1. The number of benzene rings is 1. The molecule has 2 N–H and O–H groups in total. The fraction of sp³-hybridized carbons (Fsp3) is 0.417. The van der Waals surface area contributed by atoms with E-state index >= 15 is 0 Å². The first-order valence-electron chi connectivity index (χ1n) is 5.37. The van der Waals surface area contributed by atoms with Crippen LogP contribution >= 0.6 is 11.6 Å². The topological polar surface area (TPSA) is 43.8 Å². The van der Waals surface area contributed by atoms with E-state index in [-0.39, 0.29) is 5.92 Å². The average Bonchev–Trinajstić information content (AvgIpc) is 2.53. The second-order valence-corrected chi connectivity index (χ2v) is 4.62. The second-order valence-electron chi connectivity index (χ2n) is 4.22. The van der Waals surface area contributed by atoms with Crippen molar-refractivity contribution in [2.24, 2.45) is 12.8 Å². The maximum atomic E-state index is 6.26. The molecule has 86 valence electrons. The SMILES string of the molecule is Cc1nc2cc(C(C)CN)c(Cl)cc2n1C. The molecule has 1 aromatic heterocycles. The van der Waals surface area contributed by atoms with Crippen molar-refractivity contribution in [2.75, 3.05) is 6.54 Å². The molecule has 1 heterocycles. The first-order valence-corrected chi connectivity index (χ1v) is 5.75. The Hall–Kier alpha value is -1.06. The van der Waals surface area contributed by atoms with Gasteiger partial charge >= 0.3 is 0 Å². The van der Waals surface area contributed by atoms with Gasteiger partial charge < -0.3 is 10.3 Å². The number of aromatic nitrogens is 2. The van der Waals surface area contributed by atoms with Crippen LogP contribution < -0.4 is 5.73 Å². The highest BCUT2D eigenvalue weighted by atomic mass is 35.5. The van der Waals surface area contributed by atoms with Crippen molar-refractivity contribution < 1.29 is 0 Å². The number of halogens is 1. The van der Waals surface area contributed by atoms with Crippen molar-refractivity contribution in [2.45, 2.75) is 19.8 Å². The fourth-order valence-corrected chi connectivity index (χ4v) is 2.20. The van der Waals surface area contributed by atoms with Crippen LogP contribution in [0.15, 0.2) is 12.1 Å². The summed E-state index contributed by atoms with van der Waals surface area (Å²) in [6, 6.07) is 4.01. The molecule has 0 aliphatic carbocycles. The lowest BCUT2D eigenvalue weighted by molar-refractivity contribution is 0.775. The van der Waals surface area contributed by atoms with Gasteiger partial charge in [0.2, 0.25) is 0 Å². The summed E-state index contributed by atoms with van der Waals surface area (Å²) in [5, 5.41) is 0.772. The number of nitrogens with zero attached hydrogens (tertiary/aromatic N) is 2. The summed E-state index contributed by atoms with van der Waals surface area (Å²) < 4.78 is 2.04. The van der Waals surface area contributed by atoms with Crippen LogP contribution in [0.2, 0.25) is 5.02 Å². The van der Waals surface area contributed by atoms with Gasteiger partial charge in [-0.2, -0.15) is 0 Å². The molecule has 0 saturated heterocycles. The zero-order chi connectivity index (χ0) is 11.9. The van der Waals surface area contributed by atoms with Gasteiger partial charge in [-0.25, -0.2) is 4.98 Å². The molecule has 2 rings (SSSR count). The van der Waals surface area contributed by atoms with Crippen molar-refractivity contribution >= 4 is 22.6 Å². The van der Waals surface area contributed by atoms with Crippen molar-refractivity contribution in [1.82, 2.24) is 9.55 Å². The second kappa shape index (κ2) is 4.07. The Kier molecular flexibility index (Phi) is 2.91. The molecule has 0 saturated carbocycles. The van der Waals surface area contributed by atoms with E-state index in [4.69, 9.17) is 17.3 Å². The van der Waals surface area contributed by atoms with Crippen molar-refractivity contribution in [3.05, 3.63) is 28.5 Å². The Morgan fingerprint density at radius 2 is 2.19 bits per heavy atom. The zero-order valence-corrected chi connectivity index (χ0v) is 10.5. The number of rotatable bonds is 2. The summed E-state index contributed by atoms with van der Waals surface area (Å²) >= 11 is 6.26. The molecule has 0 radical (unpaired) electrons. The Balaban J connectivity index is 2.67. The Morgan fingerprint density at radius 1 is 1.50 bits per heavy atom. The average molecular weight is 238 g/mol. The highest BCUT2D eigenvalue weighted by Crippen LogP contribution is 2.29. The zero-order valence-electron chi connectivity index (χ0n) is 9.79. The van der Waals surface area contributed by atoms with Crippen LogP contribution in [0.4, 0.5) is 0 Å². The Labute approximate surface area is 100 Å². The summed E-state index contributed by atoms with van der Waals surface area (Å²) in [7, 11) is 1.99. The molecule has 4 heteroatoms. The van der Waals surface area contributed by atoms with E-state index in [1.807, 2.05) is 30.7 Å². The fourth-order valence-electron chi connectivity index (χ4n) is 1.85. The van der Waals surface area contributed by atoms with E-state index in [1.165, 1.54) is 0 Å². The maximum Gasteiger partial charge on any atom is 0.106 e. The molecule has 3 nitrogen and oxygen atoms in total.